The van der Waals surface area contributed by atoms with Crippen LogP contribution in [0, 0.1) is 5.92 Å². The zero-order valence-corrected chi connectivity index (χ0v) is 11.6. The molecule has 1 aromatic carbocycles. The average molecular weight is 263 g/mol. The van der Waals surface area contributed by atoms with Crippen LogP contribution in [0.4, 0.5) is 0 Å². The molecule has 0 spiro atoms. The van der Waals surface area contributed by atoms with E-state index < -0.39 is 0 Å². The largest absolute Gasteiger partial charge is 0.497 e. The van der Waals surface area contributed by atoms with Crippen LogP contribution in [0.15, 0.2) is 24.3 Å². The summed E-state index contributed by atoms with van der Waals surface area (Å²) in [6.07, 6.45) is 0. The maximum atomic E-state index is 6.06. The zero-order valence-electron chi connectivity index (χ0n) is 10.8. The maximum absolute atomic E-state index is 6.06. The first-order valence-corrected chi connectivity index (χ1v) is 6.67. The van der Waals surface area contributed by atoms with Gasteiger partial charge in [0.1, 0.15) is 15.8 Å². The van der Waals surface area contributed by atoms with Gasteiger partial charge in [0.2, 0.25) is 0 Å². The Bertz CT molecular complexity index is 507. The molecule has 18 heavy (non-hydrogen) atoms. The minimum atomic E-state index is -0.0468. The summed E-state index contributed by atoms with van der Waals surface area (Å²) in [5.41, 5.74) is 7.10. The van der Waals surface area contributed by atoms with Crippen LogP contribution in [0.3, 0.4) is 0 Å². The number of nitrogens with two attached hydrogens (primary N) is 1. The summed E-state index contributed by atoms with van der Waals surface area (Å²) in [5.74, 6) is 1.20. The standard InChI is InChI=1S/C13H17N3OS/c1-8(2)11(14)13-16-15-12(18-13)9-4-6-10(17-3)7-5-9/h4-8,11H,14H2,1-3H3. The second-order valence-corrected chi connectivity index (χ2v) is 5.45. The quantitative estimate of drug-likeness (QED) is 0.921. The summed E-state index contributed by atoms with van der Waals surface area (Å²) in [7, 11) is 1.65. The molecule has 0 saturated carbocycles. The highest BCUT2D eigenvalue weighted by molar-refractivity contribution is 7.14. The van der Waals surface area contributed by atoms with E-state index >= 15 is 0 Å². The lowest BCUT2D eigenvalue weighted by Crippen LogP contribution is -2.16. The van der Waals surface area contributed by atoms with E-state index in [2.05, 4.69) is 24.0 Å². The van der Waals surface area contributed by atoms with Crippen LogP contribution in [-0.4, -0.2) is 17.3 Å². The SMILES string of the molecule is COc1ccc(-c2nnc(C(N)C(C)C)s2)cc1. The molecule has 0 radical (unpaired) electrons. The Hall–Kier alpha value is -1.46. The summed E-state index contributed by atoms with van der Waals surface area (Å²) < 4.78 is 5.13. The average Bonchev–Trinajstić information content (AvgIpc) is 2.87. The van der Waals surface area contributed by atoms with Gasteiger partial charge in [0.15, 0.2) is 0 Å². The van der Waals surface area contributed by atoms with E-state index in [1.165, 1.54) is 0 Å². The van der Waals surface area contributed by atoms with Crippen molar-refractivity contribution in [1.29, 1.82) is 0 Å². The number of aromatic nitrogens is 2. The minimum Gasteiger partial charge on any atom is -0.497 e. The number of rotatable bonds is 4. The second kappa shape index (κ2) is 5.46. The Labute approximate surface area is 111 Å². The van der Waals surface area contributed by atoms with E-state index in [4.69, 9.17) is 10.5 Å². The fourth-order valence-electron chi connectivity index (χ4n) is 1.50. The van der Waals surface area contributed by atoms with E-state index in [1.54, 1.807) is 18.4 Å². The number of ether oxygens (including phenoxy) is 1. The van der Waals surface area contributed by atoms with Crippen LogP contribution in [-0.2, 0) is 0 Å². The molecule has 0 saturated heterocycles. The lowest BCUT2D eigenvalue weighted by atomic mass is 10.1. The molecule has 4 nitrogen and oxygen atoms in total. The third-order valence-corrected chi connectivity index (χ3v) is 3.85. The van der Waals surface area contributed by atoms with Gasteiger partial charge in [0.05, 0.1) is 13.2 Å². The van der Waals surface area contributed by atoms with E-state index in [9.17, 15) is 0 Å². The van der Waals surface area contributed by atoms with Gasteiger partial charge >= 0.3 is 0 Å². The fourth-order valence-corrected chi connectivity index (χ4v) is 2.53. The molecule has 96 valence electrons. The van der Waals surface area contributed by atoms with Crippen LogP contribution < -0.4 is 10.5 Å². The van der Waals surface area contributed by atoms with Crippen molar-refractivity contribution in [3.63, 3.8) is 0 Å². The van der Waals surface area contributed by atoms with Gasteiger partial charge in [-0.3, -0.25) is 0 Å². The molecule has 2 N–H and O–H groups in total. The summed E-state index contributed by atoms with van der Waals surface area (Å²) >= 11 is 1.55. The molecule has 0 aliphatic heterocycles. The normalized spacial score (nSPS) is 12.7. The van der Waals surface area contributed by atoms with Crippen molar-refractivity contribution in [1.82, 2.24) is 10.2 Å². The molecule has 0 aliphatic rings. The summed E-state index contributed by atoms with van der Waals surface area (Å²) in [5, 5.41) is 10.1. The number of nitrogens with zero attached hydrogens (tertiary/aromatic N) is 2. The van der Waals surface area contributed by atoms with E-state index in [1.807, 2.05) is 24.3 Å². The number of methoxy groups -OCH3 is 1. The lowest BCUT2D eigenvalue weighted by molar-refractivity contribution is 0.415. The van der Waals surface area contributed by atoms with Crippen molar-refractivity contribution < 1.29 is 4.74 Å². The molecule has 2 aromatic rings. The first kappa shape index (κ1) is 13.0. The van der Waals surface area contributed by atoms with E-state index in [0.717, 1.165) is 21.3 Å². The predicted molar refractivity (Wildman–Crippen MR) is 73.7 cm³/mol. The van der Waals surface area contributed by atoms with Gasteiger partial charge in [-0.05, 0) is 30.2 Å². The molecule has 2 rings (SSSR count). The van der Waals surface area contributed by atoms with Gasteiger partial charge in [-0.25, -0.2) is 0 Å². The van der Waals surface area contributed by atoms with E-state index in [-0.39, 0.29) is 6.04 Å². The van der Waals surface area contributed by atoms with Crippen LogP contribution in [0.25, 0.3) is 10.6 Å². The Morgan fingerprint density at radius 3 is 2.39 bits per heavy atom. The molecule has 1 unspecified atom stereocenters. The molecular formula is C13H17N3OS. The van der Waals surface area contributed by atoms with Crippen LogP contribution in [0.5, 0.6) is 5.75 Å². The van der Waals surface area contributed by atoms with Crippen molar-refractivity contribution in [3.8, 4) is 16.3 Å². The molecule has 0 aliphatic carbocycles. The molecule has 1 heterocycles. The number of hydrogen-bond donors (Lipinski definition) is 1. The van der Waals surface area contributed by atoms with Crippen molar-refractivity contribution in [2.75, 3.05) is 7.11 Å². The summed E-state index contributed by atoms with van der Waals surface area (Å²) in [6, 6.07) is 7.74. The lowest BCUT2D eigenvalue weighted by Gasteiger charge is -2.10. The van der Waals surface area contributed by atoms with Gasteiger partial charge < -0.3 is 10.5 Å². The van der Waals surface area contributed by atoms with Gasteiger partial charge in [-0.1, -0.05) is 25.2 Å². The third-order valence-electron chi connectivity index (χ3n) is 2.78. The number of hydrogen-bond acceptors (Lipinski definition) is 5. The van der Waals surface area contributed by atoms with Crippen LogP contribution in [0.2, 0.25) is 0 Å². The third kappa shape index (κ3) is 2.68. The zero-order chi connectivity index (χ0) is 13.1. The Kier molecular flexibility index (Phi) is 3.93. The maximum Gasteiger partial charge on any atom is 0.147 e. The minimum absolute atomic E-state index is 0.0468. The topological polar surface area (TPSA) is 61.0 Å². The van der Waals surface area contributed by atoms with Crippen LogP contribution >= 0.6 is 11.3 Å². The monoisotopic (exact) mass is 263 g/mol. The molecule has 0 amide bonds. The highest BCUT2D eigenvalue weighted by Gasteiger charge is 2.16. The van der Waals surface area contributed by atoms with Gasteiger partial charge in [0.25, 0.3) is 0 Å². The molecule has 5 heteroatoms. The van der Waals surface area contributed by atoms with Crippen molar-refractivity contribution in [2.24, 2.45) is 11.7 Å². The highest BCUT2D eigenvalue weighted by Crippen LogP contribution is 2.29. The smallest absolute Gasteiger partial charge is 0.147 e. The summed E-state index contributed by atoms with van der Waals surface area (Å²) in [4.78, 5) is 0. The number of benzene rings is 1. The molecule has 1 aromatic heterocycles. The molecule has 1 atom stereocenters. The highest BCUT2D eigenvalue weighted by atomic mass is 32.1. The molecule has 0 fully saturated rings. The summed E-state index contributed by atoms with van der Waals surface area (Å²) in [6.45, 7) is 4.16. The van der Waals surface area contributed by atoms with Gasteiger partial charge in [-0.15, -0.1) is 10.2 Å². The van der Waals surface area contributed by atoms with Gasteiger partial charge in [0, 0.05) is 5.56 Å². The van der Waals surface area contributed by atoms with Crippen molar-refractivity contribution >= 4 is 11.3 Å². The first-order valence-electron chi connectivity index (χ1n) is 5.85. The second-order valence-electron chi connectivity index (χ2n) is 4.44. The molecule has 0 bridgehead atoms. The van der Waals surface area contributed by atoms with Crippen molar-refractivity contribution in [2.45, 2.75) is 19.9 Å². The predicted octanol–water partition coefficient (Wildman–Crippen LogP) is 2.87. The fraction of sp³-hybridized carbons (Fsp3) is 0.385. The van der Waals surface area contributed by atoms with Gasteiger partial charge in [-0.2, -0.15) is 0 Å². The van der Waals surface area contributed by atoms with Crippen molar-refractivity contribution in [3.05, 3.63) is 29.3 Å². The Morgan fingerprint density at radius 1 is 1.17 bits per heavy atom. The molecular weight excluding hydrogens is 246 g/mol. The first-order chi connectivity index (χ1) is 8.61. The van der Waals surface area contributed by atoms with Crippen LogP contribution in [0.1, 0.15) is 24.9 Å². The Balaban J connectivity index is 2.23. The van der Waals surface area contributed by atoms with E-state index in [0.29, 0.717) is 5.92 Å². The Morgan fingerprint density at radius 2 is 1.83 bits per heavy atom.